The molecule has 1 aliphatic heterocycles. The second-order valence-corrected chi connectivity index (χ2v) is 7.66. The summed E-state index contributed by atoms with van der Waals surface area (Å²) >= 11 is 0. The lowest BCUT2D eigenvalue weighted by molar-refractivity contribution is 0.103. The van der Waals surface area contributed by atoms with E-state index in [9.17, 15) is 10.1 Å². The molecule has 0 saturated carbocycles. The molecule has 2 heterocycles. The lowest BCUT2D eigenvalue weighted by atomic mass is 9.90. The number of hydrogen-bond donors (Lipinski definition) is 1. The van der Waals surface area contributed by atoms with Crippen LogP contribution in [0.5, 0.6) is 0 Å². The normalized spacial score (nSPS) is 15.4. The lowest BCUT2D eigenvalue weighted by Gasteiger charge is -2.31. The first-order valence-corrected chi connectivity index (χ1v) is 10.2. The molecule has 1 aromatic heterocycles. The standard InChI is InChI=1S/C23H25N5O/c1-2-11-27-12-9-16(10-13-27)22-20-14-17(7-8-21(20)28(25)26-22)23(29)19-6-4-3-5-18(19)15-24/h3-8,14,16H,2,9-13,25H2,1H3. The van der Waals surface area contributed by atoms with Gasteiger partial charge in [0.25, 0.3) is 0 Å². The van der Waals surface area contributed by atoms with E-state index in [0.717, 1.165) is 49.1 Å². The number of likely N-dealkylation sites (tertiary alicyclic amines) is 1. The molecule has 4 rings (SSSR count). The minimum Gasteiger partial charge on any atom is -0.323 e. The first-order chi connectivity index (χ1) is 14.1. The Morgan fingerprint density at radius 1 is 1.24 bits per heavy atom. The van der Waals surface area contributed by atoms with Gasteiger partial charge >= 0.3 is 0 Å². The highest BCUT2D eigenvalue weighted by atomic mass is 16.1. The Balaban J connectivity index is 1.68. The molecular weight excluding hydrogens is 362 g/mol. The minimum atomic E-state index is -0.155. The predicted molar refractivity (Wildman–Crippen MR) is 113 cm³/mol. The van der Waals surface area contributed by atoms with E-state index in [1.54, 1.807) is 30.3 Å². The van der Waals surface area contributed by atoms with Crippen LogP contribution in [0.4, 0.5) is 0 Å². The first-order valence-electron chi connectivity index (χ1n) is 10.2. The molecule has 1 aliphatic rings. The molecule has 0 bridgehead atoms. The smallest absolute Gasteiger partial charge is 0.194 e. The number of carbonyl (C=O) groups excluding carboxylic acids is 1. The first kappa shape index (κ1) is 19.2. The van der Waals surface area contributed by atoms with Gasteiger partial charge in [-0.05, 0) is 69.2 Å². The van der Waals surface area contributed by atoms with Gasteiger partial charge in [-0.2, -0.15) is 15.2 Å². The van der Waals surface area contributed by atoms with E-state index < -0.39 is 0 Å². The summed E-state index contributed by atoms with van der Waals surface area (Å²) in [5.41, 5.74) is 3.15. The van der Waals surface area contributed by atoms with Crippen molar-refractivity contribution in [1.82, 2.24) is 14.8 Å². The quantitative estimate of drug-likeness (QED) is 0.535. The van der Waals surface area contributed by atoms with E-state index in [-0.39, 0.29) is 5.78 Å². The number of nitrogens with zero attached hydrogens (tertiary/aromatic N) is 4. The molecule has 0 aliphatic carbocycles. The highest BCUT2D eigenvalue weighted by molar-refractivity contribution is 6.12. The summed E-state index contributed by atoms with van der Waals surface area (Å²) in [6, 6.07) is 14.5. The van der Waals surface area contributed by atoms with E-state index in [1.807, 2.05) is 12.1 Å². The number of rotatable bonds is 5. The molecule has 6 heteroatoms. The second-order valence-electron chi connectivity index (χ2n) is 7.66. The summed E-state index contributed by atoms with van der Waals surface area (Å²) in [7, 11) is 0. The van der Waals surface area contributed by atoms with Crippen LogP contribution in [-0.4, -0.2) is 40.2 Å². The average molecular weight is 387 g/mol. The Kier molecular flexibility index (Phi) is 5.32. The van der Waals surface area contributed by atoms with Crippen molar-refractivity contribution in [2.24, 2.45) is 0 Å². The maximum absolute atomic E-state index is 13.1. The number of aromatic nitrogens is 2. The monoisotopic (exact) mass is 387 g/mol. The number of ketones is 1. The zero-order valence-corrected chi connectivity index (χ0v) is 16.6. The van der Waals surface area contributed by atoms with Crippen LogP contribution in [-0.2, 0) is 0 Å². The van der Waals surface area contributed by atoms with Gasteiger partial charge in [-0.15, -0.1) is 0 Å². The SMILES string of the molecule is CCCN1CCC(c2nn(N)c3ccc(C(=O)c4ccccc4C#N)cc23)CC1. The van der Waals surface area contributed by atoms with Gasteiger partial charge in [0.2, 0.25) is 0 Å². The molecule has 29 heavy (non-hydrogen) atoms. The zero-order chi connectivity index (χ0) is 20.4. The van der Waals surface area contributed by atoms with Gasteiger partial charge in [-0.3, -0.25) is 4.79 Å². The minimum absolute atomic E-state index is 0.155. The van der Waals surface area contributed by atoms with Crippen LogP contribution in [0.25, 0.3) is 10.9 Å². The van der Waals surface area contributed by atoms with Crippen LogP contribution < -0.4 is 5.84 Å². The molecule has 0 amide bonds. The van der Waals surface area contributed by atoms with Gasteiger partial charge in [-0.1, -0.05) is 19.1 Å². The van der Waals surface area contributed by atoms with Gasteiger partial charge in [0, 0.05) is 22.4 Å². The Labute approximate surface area is 170 Å². The van der Waals surface area contributed by atoms with Crippen LogP contribution in [0.2, 0.25) is 0 Å². The summed E-state index contributed by atoms with van der Waals surface area (Å²) in [6.07, 6.45) is 3.25. The van der Waals surface area contributed by atoms with E-state index in [1.165, 1.54) is 11.2 Å². The van der Waals surface area contributed by atoms with Gasteiger partial charge in [0.1, 0.15) is 0 Å². The molecule has 0 atom stereocenters. The molecule has 0 unspecified atom stereocenters. The maximum atomic E-state index is 13.1. The molecule has 2 N–H and O–H groups in total. The number of fused-ring (bicyclic) bond motifs is 1. The van der Waals surface area contributed by atoms with Crippen molar-refractivity contribution in [2.75, 3.05) is 25.5 Å². The largest absolute Gasteiger partial charge is 0.323 e. The number of nitrogen functional groups attached to an aromatic ring is 1. The average Bonchev–Trinajstić information content (AvgIpc) is 3.10. The topological polar surface area (TPSA) is 87.9 Å². The van der Waals surface area contributed by atoms with Crippen molar-refractivity contribution >= 4 is 16.7 Å². The van der Waals surface area contributed by atoms with Gasteiger partial charge in [-0.25, -0.2) is 0 Å². The van der Waals surface area contributed by atoms with Crippen molar-refractivity contribution in [3.63, 3.8) is 0 Å². The molecule has 0 radical (unpaired) electrons. The van der Waals surface area contributed by atoms with E-state index in [0.29, 0.717) is 22.6 Å². The fraction of sp³-hybridized carbons (Fsp3) is 0.348. The molecule has 0 spiro atoms. The lowest BCUT2D eigenvalue weighted by Crippen LogP contribution is -2.33. The highest BCUT2D eigenvalue weighted by Gasteiger charge is 2.25. The van der Waals surface area contributed by atoms with E-state index >= 15 is 0 Å². The number of nitriles is 1. The summed E-state index contributed by atoms with van der Waals surface area (Å²) in [5, 5.41) is 14.9. The van der Waals surface area contributed by atoms with Crippen LogP contribution in [0.15, 0.2) is 42.5 Å². The highest BCUT2D eigenvalue weighted by Crippen LogP contribution is 2.33. The molecule has 3 aromatic rings. The number of benzene rings is 2. The van der Waals surface area contributed by atoms with Crippen molar-refractivity contribution in [2.45, 2.75) is 32.1 Å². The Morgan fingerprint density at radius 2 is 2.00 bits per heavy atom. The zero-order valence-electron chi connectivity index (χ0n) is 16.6. The van der Waals surface area contributed by atoms with Gasteiger partial charge < -0.3 is 10.7 Å². The fourth-order valence-corrected chi connectivity index (χ4v) is 4.29. The van der Waals surface area contributed by atoms with Crippen LogP contribution in [0.3, 0.4) is 0 Å². The number of nitrogens with two attached hydrogens (primary N) is 1. The van der Waals surface area contributed by atoms with Crippen LogP contribution in [0, 0.1) is 11.3 Å². The molecule has 2 aromatic carbocycles. The third kappa shape index (κ3) is 3.62. The summed E-state index contributed by atoms with van der Waals surface area (Å²) < 4.78 is 0. The Morgan fingerprint density at radius 3 is 2.72 bits per heavy atom. The third-order valence-electron chi connectivity index (χ3n) is 5.80. The van der Waals surface area contributed by atoms with Gasteiger partial charge in [0.05, 0.1) is 22.8 Å². The molecular formula is C23H25N5O. The predicted octanol–water partition coefficient (Wildman–Crippen LogP) is 3.44. The summed E-state index contributed by atoms with van der Waals surface area (Å²) in [6.45, 7) is 5.46. The van der Waals surface area contributed by atoms with Gasteiger partial charge in [0.15, 0.2) is 5.78 Å². The van der Waals surface area contributed by atoms with Crippen LogP contribution in [0.1, 0.15) is 59.3 Å². The van der Waals surface area contributed by atoms with Crippen molar-refractivity contribution in [3.05, 3.63) is 64.8 Å². The Hall–Kier alpha value is -3.17. The Bertz CT molecular complexity index is 1090. The molecule has 6 nitrogen and oxygen atoms in total. The third-order valence-corrected chi connectivity index (χ3v) is 5.80. The summed E-state index contributed by atoms with van der Waals surface area (Å²) in [5.74, 6) is 6.29. The number of hydrogen-bond acceptors (Lipinski definition) is 5. The molecule has 1 saturated heterocycles. The number of carbonyl (C=O) groups is 1. The van der Waals surface area contributed by atoms with E-state index in [2.05, 4.69) is 23.0 Å². The molecule has 1 fully saturated rings. The van der Waals surface area contributed by atoms with E-state index in [4.69, 9.17) is 5.84 Å². The van der Waals surface area contributed by atoms with Crippen molar-refractivity contribution in [1.29, 1.82) is 5.26 Å². The maximum Gasteiger partial charge on any atom is 0.194 e. The second kappa shape index (κ2) is 8.06. The van der Waals surface area contributed by atoms with Crippen molar-refractivity contribution < 1.29 is 4.79 Å². The number of piperidine rings is 1. The fourth-order valence-electron chi connectivity index (χ4n) is 4.29. The van der Waals surface area contributed by atoms with Crippen molar-refractivity contribution in [3.8, 4) is 6.07 Å². The summed E-state index contributed by atoms with van der Waals surface area (Å²) in [4.78, 5) is 17.0. The van der Waals surface area contributed by atoms with Crippen LogP contribution >= 0.6 is 0 Å². The molecule has 148 valence electrons.